The summed E-state index contributed by atoms with van der Waals surface area (Å²) in [6, 6.07) is 10.2. The van der Waals surface area contributed by atoms with Gasteiger partial charge in [-0.25, -0.2) is 17.5 Å². The number of benzene rings is 2. The number of anilines is 1. The Morgan fingerprint density at radius 1 is 1.21 bits per heavy atom. The Bertz CT molecular complexity index is 951. The van der Waals surface area contributed by atoms with Crippen LogP contribution in [-0.4, -0.2) is 45.9 Å². The summed E-state index contributed by atoms with van der Waals surface area (Å²) < 4.78 is 42.1. The van der Waals surface area contributed by atoms with Gasteiger partial charge in [0.1, 0.15) is 5.82 Å². The molecule has 1 unspecified atom stereocenters. The van der Waals surface area contributed by atoms with Crippen molar-refractivity contribution >= 4 is 37.5 Å². The maximum atomic E-state index is 13.7. The molecule has 0 saturated carbocycles. The number of nitrogens with zero attached hydrogens (tertiary/aromatic N) is 1. The van der Waals surface area contributed by atoms with Crippen molar-refractivity contribution in [3.05, 3.63) is 58.3 Å². The fraction of sp³-hybridized carbons (Fsp3) is 0.316. The molecule has 2 aromatic rings. The summed E-state index contributed by atoms with van der Waals surface area (Å²) in [4.78, 5) is 14.1. The molecule has 152 valence electrons. The van der Waals surface area contributed by atoms with Crippen LogP contribution in [0.5, 0.6) is 0 Å². The Hall–Kier alpha value is -1.81. The van der Waals surface area contributed by atoms with Crippen LogP contribution in [0.2, 0.25) is 0 Å². The molecule has 0 aliphatic heterocycles. The number of rotatable bonds is 8. The number of nitrogens with one attached hydrogen (secondary N) is 2. The Balaban J connectivity index is 2.16. The largest absolute Gasteiger partial charge is 0.326 e. The van der Waals surface area contributed by atoms with Crippen molar-refractivity contribution in [1.29, 1.82) is 0 Å². The molecule has 0 aliphatic rings. The molecular formula is C19H23BrFN3O3S. The van der Waals surface area contributed by atoms with E-state index in [2.05, 4.69) is 26.0 Å². The normalized spacial score (nSPS) is 12.8. The average molecular weight is 472 g/mol. The number of hydrogen-bond acceptors (Lipinski definition) is 4. The number of hydrogen-bond donors (Lipinski definition) is 2. The highest BCUT2D eigenvalue weighted by Crippen LogP contribution is 2.26. The van der Waals surface area contributed by atoms with E-state index in [0.29, 0.717) is 16.7 Å². The molecule has 1 amide bonds. The molecule has 0 aliphatic carbocycles. The van der Waals surface area contributed by atoms with Crippen LogP contribution in [0, 0.1) is 5.82 Å². The topological polar surface area (TPSA) is 78.5 Å². The van der Waals surface area contributed by atoms with Crippen molar-refractivity contribution in [1.82, 2.24) is 9.62 Å². The SMILES string of the molecule is CC(CN(C)C)NS(=O)(=O)c1cc(NC(=O)Cc2ccccc2F)ccc1Br. The second kappa shape index (κ2) is 9.60. The highest BCUT2D eigenvalue weighted by Gasteiger charge is 2.21. The summed E-state index contributed by atoms with van der Waals surface area (Å²) in [5.41, 5.74) is 0.578. The minimum Gasteiger partial charge on any atom is -0.326 e. The van der Waals surface area contributed by atoms with E-state index in [0.717, 1.165) is 0 Å². The first-order chi connectivity index (χ1) is 13.1. The van der Waals surface area contributed by atoms with Crippen molar-refractivity contribution in [3.63, 3.8) is 0 Å². The number of likely N-dealkylation sites (N-methyl/N-ethyl adjacent to an activating group) is 1. The van der Waals surface area contributed by atoms with Gasteiger partial charge in [0.25, 0.3) is 0 Å². The van der Waals surface area contributed by atoms with Crippen LogP contribution in [0.4, 0.5) is 10.1 Å². The Labute approximate surface area is 173 Å². The molecule has 2 N–H and O–H groups in total. The minimum atomic E-state index is -3.79. The Kier molecular flexibility index (Phi) is 7.70. The van der Waals surface area contributed by atoms with Crippen LogP contribution in [0.1, 0.15) is 12.5 Å². The summed E-state index contributed by atoms with van der Waals surface area (Å²) >= 11 is 3.24. The molecular weight excluding hydrogens is 449 g/mol. The van der Waals surface area contributed by atoms with Crippen LogP contribution < -0.4 is 10.0 Å². The molecule has 0 aromatic heterocycles. The zero-order valence-electron chi connectivity index (χ0n) is 15.9. The minimum absolute atomic E-state index is 0.0156. The highest BCUT2D eigenvalue weighted by atomic mass is 79.9. The van der Waals surface area contributed by atoms with Gasteiger partial charge in [0, 0.05) is 22.7 Å². The third-order valence-electron chi connectivity index (χ3n) is 3.81. The molecule has 0 spiro atoms. The molecule has 2 aromatic carbocycles. The summed E-state index contributed by atoms with van der Waals surface area (Å²) in [7, 11) is -0.0873. The standard InChI is InChI=1S/C19H23BrFN3O3S/c1-13(12-24(2)3)23-28(26,27)18-11-15(8-9-16(18)20)22-19(25)10-14-6-4-5-7-17(14)21/h4-9,11,13,23H,10,12H2,1-3H3,(H,22,25). The first-order valence-corrected chi connectivity index (χ1v) is 10.9. The molecule has 0 bridgehead atoms. The van der Waals surface area contributed by atoms with E-state index in [4.69, 9.17) is 0 Å². The van der Waals surface area contributed by atoms with E-state index in [1.54, 1.807) is 31.2 Å². The quantitative estimate of drug-likeness (QED) is 0.620. The third kappa shape index (κ3) is 6.37. The summed E-state index contributed by atoms with van der Waals surface area (Å²) in [6.07, 6.45) is -0.150. The van der Waals surface area contributed by atoms with Crippen molar-refractivity contribution in [2.45, 2.75) is 24.3 Å². The number of amides is 1. The zero-order chi connectivity index (χ0) is 20.9. The van der Waals surface area contributed by atoms with E-state index >= 15 is 0 Å². The second-order valence-corrected chi connectivity index (χ2v) is 9.28. The van der Waals surface area contributed by atoms with Crippen molar-refractivity contribution in [2.75, 3.05) is 26.0 Å². The maximum absolute atomic E-state index is 13.7. The van der Waals surface area contributed by atoms with Crippen molar-refractivity contribution < 1.29 is 17.6 Å². The Morgan fingerprint density at radius 2 is 1.89 bits per heavy atom. The van der Waals surface area contributed by atoms with Crippen LogP contribution in [0.25, 0.3) is 0 Å². The number of sulfonamides is 1. The van der Waals surface area contributed by atoms with E-state index in [9.17, 15) is 17.6 Å². The summed E-state index contributed by atoms with van der Waals surface area (Å²) in [6.45, 7) is 2.31. The lowest BCUT2D eigenvalue weighted by atomic mass is 10.1. The van der Waals surface area contributed by atoms with E-state index in [1.165, 1.54) is 18.2 Å². The molecule has 0 fully saturated rings. The lowest BCUT2D eigenvalue weighted by Crippen LogP contribution is -2.39. The van der Waals surface area contributed by atoms with Crippen LogP contribution in [0.3, 0.4) is 0 Å². The molecule has 9 heteroatoms. The van der Waals surface area contributed by atoms with Gasteiger partial charge in [-0.1, -0.05) is 18.2 Å². The highest BCUT2D eigenvalue weighted by molar-refractivity contribution is 9.10. The molecule has 0 radical (unpaired) electrons. The maximum Gasteiger partial charge on any atom is 0.242 e. The summed E-state index contributed by atoms with van der Waals surface area (Å²) in [5.74, 6) is -0.902. The monoisotopic (exact) mass is 471 g/mol. The average Bonchev–Trinajstić information content (AvgIpc) is 2.57. The molecule has 6 nitrogen and oxygen atoms in total. The van der Waals surface area contributed by atoms with Gasteiger partial charge in [-0.05, 0) is 66.8 Å². The van der Waals surface area contributed by atoms with Gasteiger partial charge >= 0.3 is 0 Å². The number of carbonyl (C=O) groups excluding carboxylic acids is 1. The second-order valence-electron chi connectivity index (χ2n) is 6.75. The smallest absolute Gasteiger partial charge is 0.242 e. The van der Waals surface area contributed by atoms with Gasteiger partial charge in [0.05, 0.1) is 11.3 Å². The third-order valence-corrected chi connectivity index (χ3v) is 6.39. The van der Waals surface area contributed by atoms with Gasteiger partial charge in [0.15, 0.2) is 0 Å². The lowest BCUT2D eigenvalue weighted by molar-refractivity contribution is -0.115. The van der Waals surface area contributed by atoms with Gasteiger partial charge in [-0.2, -0.15) is 0 Å². The van der Waals surface area contributed by atoms with Gasteiger partial charge in [-0.15, -0.1) is 0 Å². The van der Waals surface area contributed by atoms with Crippen LogP contribution >= 0.6 is 15.9 Å². The first-order valence-electron chi connectivity index (χ1n) is 8.58. The molecule has 2 rings (SSSR count). The van der Waals surface area contributed by atoms with Crippen molar-refractivity contribution in [2.24, 2.45) is 0 Å². The number of halogens is 2. The molecule has 1 atom stereocenters. The lowest BCUT2D eigenvalue weighted by Gasteiger charge is -2.19. The molecule has 0 saturated heterocycles. The predicted octanol–water partition coefficient (Wildman–Crippen LogP) is 3.00. The van der Waals surface area contributed by atoms with Crippen LogP contribution in [0.15, 0.2) is 51.8 Å². The fourth-order valence-electron chi connectivity index (χ4n) is 2.72. The fourth-order valence-corrected chi connectivity index (χ4v) is 4.94. The van der Waals surface area contributed by atoms with Gasteiger partial charge < -0.3 is 10.2 Å². The van der Waals surface area contributed by atoms with Gasteiger partial charge in [0.2, 0.25) is 15.9 Å². The van der Waals surface area contributed by atoms with E-state index in [1.807, 2.05) is 19.0 Å². The van der Waals surface area contributed by atoms with Crippen molar-refractivity contribution in [3.8, 4) is 0 Å². The Morgan fingerprint density at radius 3 is 2.54 bits per heavy atom. The van der Waals surface area contributed by atoms with Crippen LogP contribution in [-0.2, 0) is 21.2 Å². The molecule has 28 heavy (non-hydrogen) atoms. The van der Waals surface area contributed by atoms with Gasteiger partial charge in [-0.3, -0.25) is 4.79 Å². The zero-order valence-corrected chi connectivity index (χ0v) is 18.3. The van der Waals surface area contributed by atoms with E-state index in [-0.39, 0.29) is 22.9 Å². The summed E-state index contributed by atoms with van der Waals surface area (Å²) in [5, 5.41) is 2.62. The predicted molar refractivity (Wildman–Crippen MR) is 111 cm³/mol. The molecule has 0 heterocycles. The number of carbonyl (C=O) groups is 1. The van der Waals surface area contributed by atoms with E-state index < -0.39 is 21.7 Å². The first kappa shape index (κ1) is 22.5.